The maximum atomic E-state index is 13.3. The SMILES string of the molecule is COc1cc(C#N)ccc1OCCCC(=O)Nc1cccc(OCc2cccc(F)c2)c1. The van der Waals surface area contributed by atoms with Gasteiger partial charge in [0.25, 0.3) is 0 Å². The van der Waals surface area contributed by atoms with Gasteiger partial charge >= 0.3 is 0 Å². The number of carbonyl (C=O) groups is 1. The molecule has 0 fully saturated rings. The largest absolute Gasteiger partial charge is 0.493 e. The Morgan fingerprint density at radius 1 is 1.03 bits per heavy atom. The zero-order chi connectivity index (χ0) is 22.8. The van der Waals surface area contributed by atoms with Crippen LogP contribution in [0, 0.1) is 17.1 Å². The molecule has 1 N–H and O–H groups in total. The van der Waals surface area contributed by atoms with Crippen molar-refractivity contribution in [3.8, 4) is 23.3 Å². The number of halogens is 1. The number of nitriles is 1. The first-order chi connectivity index (χ1) is 15.6. The van der Waals surface area contributed by atoms with Gasteiger partial charge in [0, 0.05) is 24.2 Å². The van der Waals surface area contributed by atoms with Gasteiger partial charge in [-0.15, -0.1) is 0 Å². The van der Waals surface area contributed by atoms with Crippen molar-refractivity contribution in [2.75, 3.05) is 19.0 Å². The van der Waals surface area contributed by atoms with Gasteiger partial charge in [-0.05, 0) is 48.4 Å². The van der Waals surface area contributed by atoms with E-state index < -0.39 is 0 Å². The van der Waals surface area contributed by atoms with Crippen LogP contribution >= 0.6 is 0 Å². The molecule has 7 heteroatoms. The van der Waals surface area contributed by atoms with Crippen LogP contribution in [0.2, 0.25) is 0 Å². The van der Waals surface area contributed by atoms with Crippen LogP contribution in [0.1, 0.15) is 24.0 Å². The molecular weight excluding hydrogens is 411 g/mol. The molecule has 3 rings (SSSR count). The fourth-order valence-electron chi connectivity index (χ4n) is 2.95. The summed E-state index contributed by atoms with van der Waals surface area (Å²) in [6.45, 7) is 0.553. The van der Waals surface area contributed by atoms with Gasteiger partial charge in [-0.1, -0.05) is 18.2 Å². The van der Waals surface area contributed by atoms with E-state index in [1.54, 1.807) is 54.6 Å². The number of carbonyl (C=O) groups excluding carboxylic acids is 1. The molecule has 0 unspecified atom stereocenters. The Balaban J connectivity index is 1.44. The van der Waals surface area contributed by atoms with E-state index in [1.807, 2.05) is 6.07 Å². The van der Waals surface area contributed by atoms with Gasteiger partial charge < -0.3 is 19.5 Å². The monoisotopic (exact) mass is 434 g/mol. The maximum absolute atomic E-state index is 13.3. The first-order valence-corrected chi connectivity index (χ1v) is 10.1. The highest BCUT2D eigenvalue weighted by Crippen LogP contribution is 2.28. The zero-order valence-corrected chi connectivity index (χ0v) is 17.6. The second-order valence-corrected chi connectivity index (χ2v) is 6.92. The lowest BCUT2D eigenvalue weighted by Gasteiger charge is -2.11. The Morgan fingerprint density at radius 2 is 1.88 bits per heavy atom. The smallest absolute Gasteiger partial charge is 0.224 e. The number of anilines is 1. The minimum absolute atomic E-state index is 0.150. The Kier molecular flexibility index (Phi) is 8.04. The van der Waals surface area contributed by atoms with Gasteiger partial charge in [0.15, 0.2) is 11.5 Å². The standard InChI is InChI=1S/C25H23FN2O4/c1-30-24-14-18(16-27)10-11-23(24)31-12-4-9-25(29)28-21-7-3-8-22(15-21)32-17-19-5-2-6-20(26)13-19/h2-3,5-8,10-11,13-15H,4,9,12,17H2,1H3,(H,28,29). The summed E-state index contributed by atoms with van der Waals surface area (Å²) >= 11 is 0. The molecule has 0 aliphatic carbocycles. The summed E-state index contributed by atoms with van der Waals surface area (Å²) < 4.78 is 29.8. The van der Waals surface area contributed by atoms with Crippen molar-refractivity contribution in [1.82, 2.24) is 0 Å². The number of amides is 1. The molecule has 0 aliphatic heterocycles. The number of hydrogen-bond donors (Lipinski definition) is 1. The van der Waals surface area contributed by atoms with Crippen LogP contribution in [-0.4, -0.2) is 19.6 Å². The van der Waals surface area contributed by atoms with Gasteiger partial charge in [0.05, 0.1) is 25.3 Å². The predicted octanol–water partition coefficient (Wildman–Crippen LogP) is 5.08. The Bertz CT molecular complexity index is 1110. The van der Waals surface area contributed by atoms with Crippen molar-refractivity contribution >= 4 is 11.6 Å². The summed E-state index contributed by atoms with van der Waals surface area (Å²) in [5.74, 6) is 1.11. The highest BCUT2D eigenvalue weighted by atomic mass is 19.1. The van der Waals surface area contributed by atoms with Gasteiger partial charge in [0.1, 0.15) is 18.2 Å². The summed E-state index contributed by atoms with van der Waals surface area (Å²) in [5, 5.41) is 11.8. The van der Waals surface area contributed by atoms with E-state index in [0.29, 0.717) is 41.5 Å². The van der Waals surface area contributed by atoms with Crippen molar-refractivity contribution in [2.45, 2.75) is 19.4 Å². The third kappa shape index (κ3) is 6.74. The summed E-state index contributed by atoms with van der Waals surface area (Å²) in [7, 11) is 1.51. The van der Waals surface area contributed by atoms with Crippen LogP contribution in [0.5, 0.6) is 17.2 Å². The van der Waals surface area contributed by atoms with Gasteiger partial charge in [-0.25, -0.2) is 4.39 Å². The van der Waals surface area contributed by atoms with Crippen molar-refractivity contribution in [3.05, 3.63) is 83.7 Å². The number of ether oxygens (including phenoxy) is 3. The highest BCUT2D eigenvalue weighted by Gasteiger charge is 2.08. The molecule has 6 nitrogen and oxygen atoms in total. The van der Waals surface area contributed by atoms with Gasteiger partial charge in [-0.2, -0.15) is 5.26 Å². The van der Waals surface area contributed by atoms with Gasteiger partial charge in [0.2, 0.25) is 5.91 Å². The molecule has 0 radical (unpaired) electrons. The molecule has 3 aromatic rings. The third-order valence-electron chi connectivity index (χ3n) is 4.51. The van der Waals surface area contributed by atoms with E-state index >= 15 is 0 Å². The average Bonchev–Trinajstić information content (AvgIpc) is 2.81. The van der Waals surface area contributed by atoms with E-state index in [1.165, 1.54) is 19.2 Å². The molecule has 32 heavy (non-hydrogen) atoms. The lowest BCUT2D eigenvalue weighted by atomic mass is 10.2. The van der Waals surface area contributed by atoms with Crippen LogP contribution in [-0.2, 0) is 11.4 Å². The van der Waals surface area contributed by atoms with Crippen molar-refractivity contribution in [2.24, 2.45) is 0 Å². The average molecular weight is 434 g/mol. The lowest BCUT2D eigenvalue weighted by molar-refractivity contribution is -0.116. The number of benzene rings is 3. The molecule has 164 valence electrons. The number of nitrogens with one attached hydrogen (secondary N) is 1. The topological polar surface area (TPSA) is 80.6 Å². The van der Waals surface area contributed by atoms with Crippen LogP contribution < -0.4 is 19.5 Å². The van der Waals surface area contributed by atoms with E-state index in [-0.39, 0.29) is 24.8 Å². The lowest BCUT2D eigenvalue weighted by Crippen LogP contribution is -2.13. The Morgan fingerprint density at radius 3 is 2.66 bits per heavy atom. The number of hydrogen-bond acceptors (Lipinski definition) is 5. The Hall–Kier alpha value is -4.05. The zero-order valence-electron chi connectivity index (χ0n) is 17.6. The molecule has 0 aromatic heterocycles. The van der Waals surface area contributed by atoms with Crippen LogP contribution in [0.3, 0.4) is 0 Å². The van der Waals surface area contributed by atoms with Gasteiger partial charge in [-0.3, -0.25) is 4.79 Å². The van der Waals surface area contributed by atoms with Crippen molar-refractivity contribution < 1.29 is 23.4 Å². The predicted molar refractivity (Wildman–Crippen MR) is 118 cm³/mol. The maximum Gasteiger partial charge on any atom is 0.224 e. The summed E-state index contributed by atoms with van der Waals surface area (Å²) in [6, 6.07) is 20.2. The molecule has 1 amide bonds. The molecule has 0 saturated carbocycles. The first-order valence-electron chi connectivity index (χ1n) is 10.1. The van der Waals surface area contributed by atoms with Crippen LogP contribution in [0.25, 0.3) is 0 Å². The second kappa shape index (κ2) is 11.4. The minimum atomic E-state index is -0.311. The molecule has 0 aliphatic rings. The third-order valence-corrected chi connectivity index (χ3v) is 4.51. The fraction of sp³-hybridized carbons (Fsp3) is 0.200. The quantitative estimate of drug-likeness (QED) is 0.450. The van der Waals surface area contributed by atoms with E-state index in [2.05, 4.69) is 5.32 Å². The molecule has 0 atom stereocenters. The molecular formula is C25H23FN2O4. The summed E-state index contributed by atoms with van der Waals surface area (Å²) in [6.07, 6.45) is 0.776. The molecule has 0 spiro atoms. The van der Waals surface area contributed by atoms with E-state index in [0.717, 1.165) is 5.56 Å². The van der Waals surface area contributed by atoms with Crippen molar-refractivity contribution in [3.63, 3.8) is 0 Å². The van der Waals surface area contributed by atoms with Crippen LogP contribution in [0.15, 0.2) is 66.7 Å². The number of methoxy groups -OCH3 is 1. The summed E-state index contributed by atoms with van der Waals surface area (Å²) in [4.78, 5) is 12.2. The molecule has 0 heterocycles. The Labute approximate surface area is 186 Å². The van der Waals surface area contributed by atoms with E-state index in [9.17, 15) is 9.18 Å². The molecule has 0 saturated heterocycles. The molecule has 3 aromatic carbocycles. The van der Waals surface area contributed by atoms with Crippen molar-refractivity contribution in [1.29, 1.82) is 5.26 Å². The number of nitrogens with zero attached hydrogens (tertiary/aromatic N) is 1. The number of rotatable bonds is 10. The first kappa shape index (κ1) is 22.6. The highest BCUT2D eigenvalue weighted by molar-refractivity contribution is 5.90. The second-order valence-electron chi connectivity index (χ2n) is 6.92. The minimum Gasteiger partial charge on any atom is -0.493 e. The summed E-state index contributed by atoms with van der Waals surface area (Å²) in [5.41, 5.74) is 1.82. The molecule has 0 bridgehead atoms. The van der Waals surface area contributed by atoms with E-state index in [4.69, 9.17) is 19.5 Å². The normalized spacial score (nSPS) is 10.2. The van der Waals surface area contributed by atoms with Crippen LogP contribution in [0.4, 0.5) is 10.1 Å². The fourth-order valence-corrected chi connectivity index (χ4v) is 2.95.